The van der Waals surface area contributed by atoms with E-state index in [1.165, 1.54) is 5.56 Å². The molecule has 0 unspecified atom stereocenters. The number of fused-ring (bicyclic) bond motifs is 2. The second-order valence-electron chi connectivity index (χ2n) is 7.67. The van der Waals surface area contributed by atoms with Crippen molar-refractivity contribution >= 4 is 16.7 Å². The molecule has 0 saturated carbocycles. The summed E-state index contributed by atoms with van der Waals surface area (Å²) in [6, 6.07) is 15.9. The summed E-state index contributed by atoms with van der Waals surface area (Å²) in [6.45, 7) is 6.48. The van der Waals surface area contributed by atoms with Gasteiger partial charge in [0.05, 0.1) is 23.6 Å². The summed E-state index contributed by atoms with van der Waals surface area (Å²) in [7, 11) is 0. The molecular formula is C24H23N5O. The zero-order chi connectivity index (χ0) is 20.8. The second-order valence-corrected chi connectivity index (χ2v) is 7.67. The van der Waals surface area contributed by atoms with Crippen LogP contribution in [-0.4, -0.2) is 23.7 Å². The number of nitrogens with zero attached hydrogens (tertiary/aromatic N) is 5. The molecular weight excluding hydrogens is 374 g/mol. The lowest BCUT2D eigenvalue weighted by Gasteiger charge is -2.11. The van der Waals surface area contributed by atoms with E-state index in [4.69, 9.17) is 5.10 Å². The molecule has 0 bridgehead atoms. The Morgan fingerprint density at radius 2 is 1.83 bits per heavy atom. The molecule has 0 fully saturated rings. The van der Waals surface area contributed by atoms with Gasteiger partial charge >= 0.3 is 0 Å². The summed E-state index contributed by atoms with van der Waals surface area (Å²) in [5.41, 5.74) is 6.51. The first-order valence-electron chi connectivity index (χ1n) is 10.2. The number of hydrogen-bond acceptors (Lipinski definition) is 3. The predicted molar refractivity (Wildman–Crippen MR) is 118 cm³/mol. The van der Waals surface area contributed by atoms with E-state index in [-0.39, 0.29) is 5.56 Å². The molecule has 4 heterocycles. The maximum absolute atomic E-state index is 13.1. The van der Waals surface area contributed by atoms with Crippen LogP contribution in [-0.2, 0) is 13.0 Å². The maximum Gasteiger partial charge on any atom is 0.252 e. The number of hydrogen-bond donors (Lipinski definition) is 0. The van der Waals surface area contributed by atoms with Crippen LogP contribution in [0.15, 0.2) is 65.7 Å². The monoisotopic (exact) mass is 397 g/mol. The fraction of sp³-hybridized carbons (Fsp3) is 0.208. The van der Waals surface area contributed by atoms with E-state index in [1.807, 2.05) is 53.5 Å². The Labute approximate surface area is 174 Å². The lowest BCUT2D eigenvalue weighted by Crippen LogP contribution is -2.22. The molecule has 4 aromatic heterocycles. The number of rotatable bonds is 4. The third-order valence-corrected chi connectivity index (χ3v) is 5.62. The average Bonchev–Trinajstić information content (AvgIpc) is 3.31. The second kappa shape index (κ2) is 6.99. The Bertz CT molecular complexity index is 1400. The van der Waals surface area contributed by atoms with Crippen molar-refractivity contribution in [1.82, 2.24) is 23.7 Å². The van der Waals surface area contributed by atoms with Gasteiger partial charge in [-0.25, -0.2) is 9.67 Å². The highest BCUT2D eigenvalue weighted by Gasteiger charge is 2.18. The predicted octanol–water partition coefficient (Wildman–Crippen LogP) is 4.06. The van der Waals surface area contributed by atoms with Gasteiger partial charge in [-0.05, 0) is 55.7 Å². The first-order valence-corrected chi connectivity index (χ1v) is 10.2. The normalized spacial score (nSPS) is 11.6. The van der Waals surface area contributed by atoms with E-state index in [9.17, 15) is 4.79 Å². The van der Waals surface area contributed by atoms with Crippen molar-refractivity contribution in [3.05, 3.63) is 93.8 Å². The van der Waals surface area contributed by atoms with Crippen LogP contribution >= 0.6 is 0 Å². The van der Waals surface area contributed by atoms with Gasteiger partial charge in [0.25, 0.3) is 5.56 Å². The minimum Gasteiger partial charge on any atom is -0.307 e. The Kier molecular flexibility index (Phi) is 4.28. The summed E-state index contributed by atoms with van der Waals surface area (Å²) in [5, 5.41) is 5.81. The van der Waals surface area contributed by atoms with Crippen molar-refractivity contribution < 1.29 is 0 Å². The molecule has 1 aromatic carbocycles. The van der Waals surface area contributed by atoms with Gasteiger partial charge in [0.2, 0.25) is 0 Å². The summed E-state index contributed by atoms with van der Waals surface area (Å²) in [5.74, 6) is 0. The third kappa shape index (κ3) is 2.92. The summed E-state index contributed by atoms with van der Waals surface area (Å²) in [6.07, 6.45) is 4.91. The molecule has 6 heteroatoms. The van der Waals surface area contributed by atoms with E-state index in [2.05, 4.69) is 36.2 Å². The molecule has 5 rings (SSSR count). The van der Waals surface area contributed by atoms with Crippen LogP contribution in [0.4, 0.5) is 0 Å². The molecule has 150 valence electrons. The smallest absolute Gasteiger partial charge is 0.252 e. The van der Waals surface area contributed by atoms with Crippen LogP contribution in [0.1, 0.15) is 29.4 Å². The fourth-order valence-electron chi connectivity index (χ4n) is 4.10. The van der Waals surface area contributed by atoms with Crippen LogP contribution in [0, 0.1) is 13.8 Å². The molecule has 0 aliphatic heterocycles. The van der Waals surface area contributed by atoms with Gasteiger partial charge in [-0.2, -0.15) is 5.10 Å². The van der Waals surface area contributed by atoms with E-state index in [0.717, 1.165) is 45.7 Å². The summed E-state index contributed by atoms with van der Waals surface area (Å²) in [4.78, 5) is 17.7. The highest BCUT2D eigenvalue weighted by Crippen LogP contribution is 2.24. The number of aryl methyl sites for hydroxylation is 3. The van der Waals surface area contributed by atoms with Crippen LogP contribution in [0.25, 0.3) is 22.4 Å². The molecule has 0 amide bonds. The molecule has 0 aliphatic carbocycles. The van der Waals surface area contributed by atoms with Crippen molar-refractivity contribution in [3.8, 4) is 5.69 Å². The number of imidazole rings is 1. The standard InChI is InChI=1S/C24H23N5O/c1-4-18-8-10-20(11-9-18)29-24-23(17(3)26-29)16(2)13-22(30)28(24)15-19-14-27-12-6-5-7-21(27)25-19/h5-14H,4,15H2,1-3H3. The number of aromatic nitrogens is 5. The van der Waals surface area contributed by atoms with Crippen molar-refractivity contribution in [3.63, 3.8) is 0 Å². The van der Waals surface area contributed by atoms with Gasteiger partial charge in [0.15, 0.2) is 0 Å². The van der Waals surface area contributed by atoms with Crippen LogP contribution in [0.5, 0.6) is 0 Å². The van der Waals surface area contributed by atoms with Crippen molar-refractivity contribution in [2.45, 2.75) is 33.7 Å². The van der Waals surface area contributed by atoms with Gasteiger partial charge in [-0.15, -0.1) is 0 Å². The molecule has 6 nitrogen and oxygen atoms in total. The minimum atomic E-state index is -0.0524. The number of pyridine rings is 2. The third-order valence-electron chi connectivity index (χ3n) is 5.62. The zero-order valence-electron chi connectivity index (χ0n) is 17.3. The summed E-state index contributed by atoms with van der Waals surface area (Å²) >= 11 is 0. The Hall–Kier alpha value is -3.67. The minimum absolute atomic E-state index is 0.0524. The Balaban J connectivity index is 1.73. The highest BCUT2D eigenvalue weighted by molar-refractivity contribution is 5.83. The fourth-order valence-corrected chi connectivity index (χ4v) is 4.10. The largest absolute Gasteiger partial charge is 0.307 e. The quantitative estimate of drug-likeness (QED) is 0.459. The molecule has 0 N–H and O–H groups in total. The van der Waals surface area contributed by atoms with Gasteiger partial charge < -0.3 is 4.40 Å². The molecule has 5 aromatic rings. The van der Waals surface area contributed by atoms with Gasteiger partial charge in [0, 0.05) is 23.8 Å². The van der Waals surface area contributed by atoms with E-state index in [1.54, 1.807) is 10.6 Å². The van der Waals surface area contributed by atoms with Gasteiger partial charge in [0.1, 0.15) is 11.3 Å². The number of benzene rings is 1. The van der Waals surface area contributed by atoms with E-state index >= 15 is 0 Å². The van der Waals surface area contributed by atoms with Gasteiger partial charge in [-0.1, -0.05) is 25.1 Å². The van der Waals surface area contributed by atoms with E-state index in [0.29, 0.717) is 6.54 Å². The van der Waals surface area contributed by atoms with E-state index < -0.39 is 0 Å². The van der Waals surface area contributed by atoms with Crippen molar-refractivity contribution in [1.29, 1.82) is 0 Å². The molecule has 0 radical (unpaired) electrons. The Morgan fingerprint density at radius 1 is 1.03 bits per heavy atom. The molecule has 0 saturated heterocycles. The Morgan fingerprint density at radius 3 is 2.57 bits per heavy atom. The topological polar surface area (TPSA) is 57.1 Å². The molecule has 0 atom stereocenters. The van der Waals surface area contributed by atoms with Crippen LogP contribution < -0.4 is 5.56 Å². The average molecular weight is 397 g/mol. The maximum atomic E-state index is 13.1. The SMILES string of the molecule is CCc1ccc(-n2nc(C)c3c(C)cc(=O)n(Cc4cn5ccccc5n4)c32)cc1. The van der Waals surface area contributed by atoms with Crippen LogP contribution in [0.2, 0.25) is 0 Å². The molecule has 0 aliphatic rings. The van der Waals surface area contributed by atoms with Crippen molar-refractivity contribution in [2.75, 3.05) is 0 Å². The highest BCUT2D eigenvalue weighted by atomic mass is 16.1. The molecule has 30 heavy (non-hydrogen) atoms. The molecule has 0 spiro atoms. The zero-order valence-corrected chi connectivity index (χ0v) is 17.3. The first-order chi connectivity index (χ1) is 14.5. The van der Waals surface area contributed by atoms with Gasteiger partial charge in [-0.3, -0.25) is 9.36 Å². The summed E-state index contributed by atoms with van der Waals surface area (Å²) < 4.78 is 5.63. The van der Waals surface area contributed by atoms with Crippen molar-refractivity contribution in [2.24, 2.45) is 0 Å². The lowest BCUT2D eigenvalue weighted by molar-refractivity contribution is 0.738. The van der Waals surface area contributed by atoms with Crippen LogP contribution in [0.3, 0.4) is 0 Å². The lowest BCUT2D eigenvalue weighted by atomic mass is 10.1. The first kappa shape index (κ1) is 18.4.